The van der Waals surface area contributed by atoms with Crippen molar-refractivity contribution in [3.8, 4) is 5.75 Å². The first kappa shape index (κ1) is 22.4. The molecule has 0 aromatic heterocycles. The van der Waals surface area contributed by atoms with Crippen molar-refractivity contribution in [1.29, 1.82) is 0 Å². The molecule has 3 N–H and O–H groups in total. The molecule has 1 amide bonds. The molecule has 0 heterocycles. The van der Waals surface area contributed by atoms with Crippen LogP contribution in [-0.4, -0.2) is 28.1 Å². The largest absolute Gasteiger partial charge is 0.495 e. The van der Waals surface area contributed by atoms with E-state index in [9.17, 15) is 4.79 Å². The van der Waals surface area contributed by atoms with Crippen molar-refractivity contribution in [1.82, 2.24) is 10.6 Å². The van der Waals surface area contributed by atoms with Gasteiger partial charge in [0.1, 0.15) is 11.9 Å². The lowest BCUT2D eigenvalue weighted by atomic mass is 10.0. The summed E-state index contributed by atoms with van der Waals surface area (Å²) in [7, 11) is 1.55. The average Bonchev–Trinajstić information content (AvgIpc) is 2.72. The molecule has 0 bridgehead atoms. The Labute approximate surface area is 194 Å². The summed E-state index contributed by atoms with van der Waals surface area (Å²) in [5.41, 5.74) is 1.08. The number of alkyl halides is 3. The SMILES string of the molecule is COc1ccccc1NC(=S)NC(NC(=O)c1cccc2ccccc12)C(Cl)(Cl)Cl. The summed E-state index contributed by atoms with van der Waals surface area (Å²) in [6, 6.07) is 20.2. The first-order chi connectivity index (χ1) is 14.3. The van der Waals surface area contributed by atoms with Crippen LogP contribution in [0.1, 0.15) is 10.4 Å². The molecule has 0 aliphatic carbocycles. The first-order valence-corrected chi connectivity index (χ1v) is 10.4. The smallest absolute Gasteiger partial charge is 0.253 e. The van der Waals surface area contributed by atoms with Crippen LogP contribution in [0.3, 0.4) is 0 Å². The molecule has 0 saturated carbocycles. The van der Waals surface area contributed by atoms with Gasteiger partial charge in [0.05, 0.1) is 12.8 Å². The zero-order valence-corrected chi connectivity index (χ0v) is 18.9. The Morgan fingerprint density at radius 1 is 0.967 bits per heavy atom. The molecule has 3 rings (SSSR count). The Hall–Kier alpha value is -2.25. The van der Waals surface area contributed by atoms with E-state index in [0.29, 0.717) is 17.0 Å². The number of rotatable bonds is 5. The fourth-order valence-electron chi connectivity index (χ4n) is 2.87. The number of hydrogen-bond donors (Lipinski definition) is 3. The Balaban J connectivity index is 1.78. The molecule has 5 nitrogen and oxygen atoms in total. The fraction of sp³-hybridized carbons (Fsp3) is 0.143. The molecule has 0 saturated heterocycles. The number of para-hydroxylation sites is 2. The number of nitrogens with one attached hydrogen (secondary N) is 3. The Morgan fingerprint density at radius 3 is 2.37 bits per heavy atom. The molecule has 1 unspecified atom stereocenters. The molecule has 0 aliphatic heterocycles. The minimum absolute atomic E-state index is 0.147. The van der Waals surface area contributed by atoms with Gasteiger partial charge in [-0.05, 0) is 41.2 Å². The van der Waals surface area contributed by atoms with Gasteiger partial charge in [-0.15, -0.1) is 0 Å². The number of carbonyl (C=O) groups excluding carboxylic acids is 1. The molecule has 156 valence electrons. The van der Waals surface area contributed by atoms with Crippen molar-refractivity contribution in [3.63, 3.8) is 0 Å². The molecular formula is C21H18Cl3N3O2S. The Morgan fingerprint density at radius 2 is 1.63 bits per heavy atom. The van der Waals surface area contributed by atoms with Crippen molar-refractivity contribution in [3.05, 3.63) is 72.3 Å². The molecule has 0 radical (unpaired) electrons. The summed E-state index contributed by atoms with van der Waals surface area (Å²) >= 11 is 23.6. The van der Waals surface area contributed by atoms with Crippen molar-refractivity contribution in [2.75, 3.05) is 12.4 Å². The maximum absolute atomic E-state index is 12.9. The van der Waals surface area contributed by atoms with E-state index < -0.39 is 15.9 Å². The highest BCUT2D eigenvalue weighted by Gasteiger charge is 2.35. The van der Waals surface area contributed by atoms with E-state index in [-0.39, 0.29) is 5.11 Å². The van der Waals surface area contributed by atoms with Crippen LogP contribution in [-0.2, 0) is 0 Å². The summed E-state index contributed by atoms with van der Waals surface area (Å²) in [5, 5.41) is 10.4. The number of fused-ring (bicyclic) bond motifs is 1. The minimum atomic E-state index is -1.87. The number of thiocarbonyl (C=S) groups is 1. The Bertz CT molecular complexity index is 1070. The maximum Gasteiger partial charge on any atom is 0.253 e. The number of methoxy groups -OCH3 is 1. The third kappa shape index (κ3) is 5.46. The van der Waals surface area contributed by atoms with Crippen LogP contribution in [0.25, 0.3) is 10.8 Å². The van der Waals surface area contributed by atoms with Gasteiger partial charge in [-0.3, -0.25) is 4.79 Å². The summed E-state index contributed by atoms with van der Waals surface area (Å²) in [6.45, 7) is 0. The second-order valence-electron chi connectivity index (χ2n) is 6.27. The van der Waals surface area contributed by atoms with Crippen molar-refractivity contribution >= 4 is 74.5 Å². The zero-order valence-electron chi connectivity index (χ0n) is 15.8. The van der Waals surface area contributed by atoms with Crippen LogP contribution in [0.2, 0.25) is 0 Å². The zero-order chi connectivity index (χ0) is 21.7. The highest BCUT2D eigenvalue weighted by molar-refractivity contribution is 7.80. The predicted octanol–water partition coefficient (Wildman–Crippen LogP) is 5.26. The number of amides is 1. The van der Waals surface area contributed by atoms with Crippen LogP contribution in [0.4, 0.5) is 5.69 Å². The van der Waals surface area contributed by atoms with E-state index in [2.05, 4.69) is 16.0 Å². The van der Waals surface area contributed by atoms with Gasteiger partial charge in [-0.1, -0.05) is 83.3 Å². The summed E-state index contributed by atoms with van der Waals surface area (Å²) in [6.07, 6.45) is -1.09. The van der Waals surface area contributed by atoms with Crippen molar-refractivity contribution < 1.29 is 9.53 Å². The number of ether oxygens (including phenoxy) is 1. The average molecular weight is 483 g/mol. The topological polar surface area (TPSA) is 62.4 Å². The molecule has 1 atom stereocenters. The lowest BCUT2D eigenvalue weighted by Gasteiger charge is -2.28. The minimum Gasteiger partial charge on any atom is -0.495 e. The molecular weight excluding hydrogens is 465 g/mol. The van der Waals surface area contributed by atoms with Gasteiger partial charge in [0.2, 0.25) is 3.79 Å². The van der Waals surface area contributed by atoms with E-state index in [0.717, 1.165) is 10.8 Å². The van der Waals surface area contributed by atoms with Gasteiger partial charge in [-0.25, -0.2) is 0 Å². The van der Waals surface area contributed by atoms with Crippen LogP contribution in [0.15, 0.2) is 66.7 Å². The van der Waals surface area contributed by atoms with Crippen LogP contribution in [0.5, 0.6) is 5.75 Å². The van der Waals surface area contributed by atoms with Crippen LogP contribution in [0, 0.1) is 0 Å². The second kappa shape index (κ2) is 9.71. The number of halogens is 3. The second-order valence-corrected chi connectivity index (χ2v) is 9.05. The molecule has 30 heavy (non-hydrogen) atoms. The van der Waals surface area contributed by atoms with Gasteiger partial charge in [0.15, 0.2) is 5.11 Å². The van der Waals surface area contributed by atoms with Crippen LogP contribution < -0.4 is 20.7 Å². The van der Waals surface area contributed by atoms with Gasteiger partial charge in [0.25, 0.3) is 5.91 Å². The quantitative estimate of drug-likeness (QED) is 0.263. The first-order valence-electron chi connectivity index (χ1n) is 8.85. The molecule has 3 aromatic rings. The lowest BCUT2D eigenvalue weighted by molar-refractivity contribution is 0.0936. The fourth-order valence-corrected chi connectivity index (χ4v) is 3.42. The Kier molecular flexibility index (Phi) is 7.26. The summed E-state index contributed by atoms with van der Waals surface area (Å²) < 4.78 is 3.42. The monoisotopic (exact) mass is 481 g/mol. The standard InChI is InChI=1S/C21H18Cl3N3O2S/c1-29-17-12-5-4-11-16(17)25-20(30)27-19(21(22,23)24)26-18(28)15-10-6-8-13-7-2-3-9-14(13)15/h2-12,19H,1H3,(H,26,28)(H2,25,27,30). The van der Waals surface area contributed by atoms with E-state index in [1.165, 1.54) is 0 Å². The molecule has 0 fully saturated rings. The number of hydrogen-bond acceptors (Lipinski definition) is 3. The van der Waals surface area contributed by atoms with Gasteiger partial charge in [-0.2, -0.15) is 0 Å². The summed E-state index contributed by atoms with van der Waals surface area (Å²) in [5.74, 6) is 0.183. The van der Waals surface area contributed by atoms with Crippen molar-refractivity contribution in [2.24, 2.45) is 0 Å². The van der Waals surface area contributed by atoms with Gasteiger partial charge < -0.3 is 20.7 Å². The maximum atomic E-state index is 12.9. The van der Waals surface area contributed by atoms with E-state index in [1.807, 2.05) is 42.5 Å². The van der Waals surface area contributed by atoms with E-state index in [4.69, 9.17) is 51.8 Å². The van der Waals surface area contributed by atoms with Gasteiger partial charge in [0, 0.05) is 5.56 Å². The molecule has 0 aliphatic rings. The van der Waals surface area contributed by atoms with Crippen LogP contribution >= 0.6 is 47.0 Å². The van der Waals surface area contributed by atoms with Crippen molar-refractivity contribution in [2.45, 2.75) is 9.96 Å². The van der Waals surface area contributed by atoms with E-state index >= 15 is 0 Å². The van der Waals surface area contributed by atoms with Gasteiger partial charge >= 0.3 is 0 Å². The predicted molar refractivity (Wildman–Crippen MR) is 128 cm³/mol. The summed E-state index contributed by atoms with van der Waals surface area (Å²) in [4.78, 5) is 12.9. The molecule has 9 heteroatoms. The molecule has 0 spiro atoms. The third-order valence-corrected chi connectivity index (χ3v) is 5.14. The number of carbonyl (C=O) groups is 1. The molecule has 3 aromatic carbocycles. The number of benzene rings is 3. The lowest BCUT2D eigenvalue weighted by Crippen LogP contribution is -2.56. The number of anilines is 1. The third-order valence-electron chi connectivity index (χ3n) is 4.27. The highest BCUT2D eigenvalue weighted by atomic mass is 35.6. The highest BCUT2D eigenvalue weighted by Crippen LogP contribution is 2.30. The normalized spacial score (nSPS) is 12.1. The van der Waals surface area contributed by atoms with E-state index in [1.54, 1.807) is 31.4 Å².